The van der Waals surface area contributed by atoms with Gasteiger partial charge in [0.05, 0.1) is 0 Å². The van der Waals surface area contributed by atoms with Gasteiger partial charge in [-0.15, -0.1) is 0 Å². The Hall–Kier alpha value is -4.19. The molecule has 0 radical (unpaired) electrons. The van der Waals surface area contributed by atoms with Gasteiger partial charge < -0.3 is 14.2 Å². The van der Waals surface area contributed by atoms with Crippen molar-refractivity contribution >= 4 is 17.9 Å². The van der Waals surface area contributed by atoms with Crippen LogP contribution in [0.1, 0.15) is 252 Å². The number of ether oxygens (including phenoxy) is 3. The molecule has 0 saturated carbocycles. The second-order valence-electron chi connectivity index (χ2n) is 18.8. The molecule has 0 heterocycles. The average molecular weight is 984 g/mol. The molecule has 0 spiro atoms. The SMILES string of the molecule is CC/C=C\C/C=C\C/C=C\C/C=C\C/C=C\CCCCCC(=O)OCC(COC(=O)CCCCCCCC/C=C\C=C/CCCCC)OC(=O)CCCCCCCCCCC/C=C\C/C=C\C/C=C\CC. The Balaban J connectivity index is 4.48. The first-order chi connectivity index (χ1) is 35.0. The third kappa shape index (κ3) is 56.6. The van der Waals surface area contributed by atoms with Crippen LogP contribution in [0.5, 0.6) is 0 Å². The number of hydrogen-bond donors (Lipinski definition) is 0. The maximum atomic E-state index is 12.9. The lowest BCUT2D eigenvalue weighted by Crippen LogP contribution is -2.30. The van der Waals surface area contributed by atoms with Crippen molar-refractivity contribution in [1.29, 1.82) is 0 Å². The summed E-state index contributed by atoms with van der Waals surface area (Å²) in [7, 11) is 0. The first-order valence-corrected chi connectivity index (χ1v) is 29.1. The number of esters is 3. The Bertz CT molecular complexity index is 1500. The zero-order valence-electron chi connectivity index (χ0n) is 45.9. The van der Waals surface area contributed by atoms with Gasteiger partial charge in [-0.2, -0.15) is 0 Å². The molecule has 0 fully saturated rings. The van der Waals surface area contributed by atoms with Crippen LogP contribution in [0, 0.1) is 0 Å². The van der Waals surface area contributed by atoms with Gasteiger partial charge in [-0.25, -0.2) is 0 Å². The normalized spacial score (nSPS) is 13.0. The maximum Gasteiger partial charge on any atom is 0.306 e. The van der Waals surface area contributed by atoms with E-state index < -0.39 is 6.10 Å². The van der Waals surface area contributed by atoms with Crippen LogP contribution >= 0.6 is 0 Å². The summed E-state index contributed by atoms with van der Waals surface area (Å²) in [4.78, 5) is 38.2. The lowest BCUT2D eigenvalue weighted by Gasteiger charge is -2.18. The van der Waals surface area contributed by atoms with E-state index in [-0.39, 0.29) is 31.1 Å². The van der Waals surface area contributed by atoms with Crippen molar-refractivity contribution in [1.82, 2.24) is 0 Å². The number of carbonyl (C=O) groups excluding carboxylic acids is 3. The highest BCUT2D eigenvalue weighted by atomic mass is 16.6. The molecule has 0 amide bonds. The average Bonchev–Trinajstić information content (AvgIpc) is 3.37. The van der Waals surface area contributed by atoms with Gasteiger partial charge in [-0.1, -0.05) is 232 Å². The summed E-state index contributed by atoms with van der Waals surface area (Å²) < 4.78 is 16.8. The Morgan fingerprint density at radius 1 is 0.310 bits per heavy atom. The summed E-state index contributed by atoms with van der Waals surface area (Å²) in [5.41, 5.74) is 0. The molecule has 0 rings (SSSR count). The molecule has 402 valence electrons. The molecular formula is C65H106O6. The Morgan fingerprint density at radius 2 is 0.592 bits per heavy atom. The van der Waals surface area contributed by atoms with Crippen LogP contribution in [0.3, 0.4) is 0 Å². The van der Waals surface area contributed by atoms with Gasteiger partial charge in [0.2, 0.25) is 0 Å². The highest BCUT2D eigenvalue weighted by Gasteiger charge is 2.19. The van der Waals surface area contributed by atoms with Crippen LogP contribution in [0.4, 0.5) is 0 Å². The van der Waals surface area contributed by atoms with Crippen LogP contribution in [0.2, 0.25) is 0 Å². The van der Waals surface area contributed by atoms with E-state index in [4.69, 9.17) is 14.2 Å². The maximum absolute atomic E-state index is 12.9. The van der Waals surface area contributed by atoms with Gasteiger partial charge in [-0.3, -0.25) is 14.4 Å². The highest BCUT2D eigenvalue weighted by molar-refractivity contribution is 5.71. The zero-order valence-corrected chi connectivity index (χ0v) is 45.9. The molecule has 0 saturated heterocycles. The molecule has 0 aromatic carbocycles. The molecular weight excluding hydrogens is 877 g/mol. The number of hydrogen-bond acceptors (Lipinski definition) is 6. The molecule has 6 heteroatoms. The minimum Gasteiger partial charge on any atom is -0.462 e. The minimum absolute atomic E-state index is 0.0998. The van der Waals surface area contributed by atoms with Crippen molar-refractivity contribution in [2.24, 2.45) is 0 Å². The topological polar surface area (TPSA) is 78.9 Å². The zero-order chi connectivity index (χ0) is 51.4. The second kappa shape index (κ2) is 58.4. The molecule has 1 unspecified atom stereocenters. The highest BCUT2D eigenvalue weighted by Crippen LogP contribution is 2.14. The Kier molecular flexibility index (Phi) is 54.9. The fourth-order valence-corrected chi connectivity index (χ4v) is 7.65. The lowest BCUT2D eigenvalue weighted by molar-refractivity contribution is -0.167. The number of rotatable bonds is 51. The third-order valence-electron chi connectivity index (χ3n) is 12.0. The van der Waals surface area contributed by atoms with Gasteiger partial charge in [0.15, 0.2) is 6.10 Å². The molecule has 0 aromatic rings. The summed E-state index contributed by atoms with van der Waals surface area (Å²) in [5.74, 6) is -0.950. The van der Waals surface area contributed by atoms with E-state index in [1.807, 2.05) is 0 Å². The van der Waals surface area contributed by atoms with E-state index >= 15 is 0 Å². The monoisotopic (exact) mass is 983 g/mol. The molecule has 0 aliphatic heterocycles. The van der Waals surface area contributed by atoms with E-state index in [2.05, 4.69) is 142 Å². The molecule has 0 aliphatic rings. The third-order valence-corrected chi connectivity index (χ3v) is 12.0. The van der Waals surface area contributed by atoms with Gasteiger partial charge in [0, 0.05) is 19.3 Å². The molecule has 1 atom stereocenters. The Labute approximate surface area is 437 Å². The van der Waals surface area contributed by atoms with Crippen LogP contribution in [-0.4, -0.2) is 37.2 Å². The lowest BCUT2D eigenvalue weighted by atomic mass is 10.1. The first kappa shape index (κ1) is 66.8. The van der Waals surface area contributed by atoms with Crippen molar-refractivity contribution in [2.45, 2.75) is 258 Å². The van der Waals surface area contributed by atoms with Crippen LogP contribution < -0.4 is 0 Å². The van der Waals surface area contributed by atoms with Gasteiger partial charge in [0.25, 0.3) is 0 Å². The summed E-state index contributed by atoms with van der Waals surface area (Å²) in [5, 5.41) is 0. The number of carbonyl (C=O) groups is 3. The van der Waals surface area contributed by atoms with Crippen molar-refractivity contribution in [2.75, 3.05) is 13.2 Å². The summed E-state index contributed by atoms with van der Waals surface area (Å²) in [6.07, 6.45) is 80.4. The summed E-state index contributed by atoms with van der Waals surface area (Å²) in [6, 6.07) is 0. The van der Waals surface area contributed by atoms with E-state index in [0.29, 0.717) is 19.3 Å². The number of unbranched alkanes of at least 4 members (excludes halogenated alkanes) is 21. The number of allylic oxidation sites excluding steroid dienone is 20. The van der Waals surface area contributed by atoms with Crippen LogP contribution in [0.25, 0.3) is 0 Å². The smallest absolute Gasteiger partial charge is 0.306 e. The largest absolute Gasteiger partial charge is 0.462 e. The Morgan fingerprint density at radius 3 is 0.958 bits per heavy atom. The molecule has 0 aromatic heterocycles. The molecule has 0 aliphatic carbocycles. The second-order valence-corrected chi connectivity index (χ2v) is 18.8. The first-order valence-electron chi connectivity index (χ1n) is 29.1. The quantitative estimate of drug-likeness (QED) is 0.0199. The van der Waals surface area contributed by atoms with E-state index in [1.165, 1.54) is 83.5 Å². The van der Waals surface area contributed by atoms with Gasteiger partial charge in [-0.05, 0) is 122 Å². The predicted octanol–water partition coefficient (Wildman–Crippen LogP) is 19.6. The van der Waals surface area contributed by atoms with Crippen LogP contribution in [0.15, 0.2) is 122 Å². The summed E-state index contributed by atoms with van der Waals surface area (Å²) >= 11 is 0. The molecule has 0 N–H and O–H groups in total. The van der Waals surface area contributed by atoms with Crippen molar-refractivity contribution in [3.8, 4) is 0 Å². The van der Waals surface area contributed by atoms with Crippen molar-refractivity contribution in [3.63, 3.8) is 0 Å². The van der Waals surface area contributed by atoms with E-state index in [1.54, 1.807) is 0 Å². The van der Waals surface area contributed by atoms with Crippen molar-refractivity contribution < 1.29 is 28.6 Å². The molecule has 6 nitrogen and oxygen atoms in total. The van der Waals surface area contributed by atoms with E-state index in [0.717, 1.165) is 128 Å². The standard InChI is InChI=1S/C65H106O6/c1-4-7-10-13-16-19-22-25-28-30-32-34-37-40-43-46-49-52-55-58-64(67)70-61-62(60-69-63(66)57-54-51-48-45-42-39-36-27-24-21-18-15-12-9-6-3)71-65(68)59-56-53-50-47-44-41-38-35-33-31-29-26-23-20-17-14-11-8-5-2/h7-8,10-11,16-21,24-29,32,34,40,43,62H,4-6,9,12-15,22-23,30-31,33,35-39,41-42,44-61H2,1-3H3/b10-7-,11-8-,19-16-,20-17-,21-18-,27-24-,28-25-,29-26-,34-32-,43-40-. The predicted molar refractivity (Wildman–Crippen MR) is 306 cm³/mol. The van der Waals surface area contributed by atoms with E-state index in [9.17, 15) is 14.4 Å². The fraction of sp³-hybridized carbons (Fsp3) is 0.646. The fourth-order valence-electron chi connectivity index (χ4n) is 7.65. The molecule has 0 bridgehead atoms. The van der Waals surface area contributed by atoms with Crippen LogP contribution in [-0.2, 0) is 28.6 Å². The van der Waals surface area contributed by atoms with Gasteiger partial charge >= 0.3 is 17.9 Å². The van der Waals surface area contributed by atoms with Crippen molar-refractivity contribution in [3.05, 3.63) is 122 Å². The summed E-state index contributed by atoms with van der Waals surface area (Å²) in [6.45, 7) is 6.34. The van der Waals surface area contributed by atoms with Gasteiger partial charge in [0.1, 0.15) is 13.2 Å². The molecule has 71 heavy (non-hydrogen) atoms. The minimum atomic E-state index is -0.804.